The first kappa shape index (κ1) is 13.5. The van der Waals surface area contributed by atoms with E-state index in [9.17, 15) is 0 Å². The van der Waals surface area contributed by atoms with Crippen LogP contribution in [0.5, 0.6) is 0 Å². The third-order valence-electron chi connectivity index (χ3n) is 2.51. The zero-order valence-electron chi connectivity index (χ0n) is 10.7. The highest BCUT2D eigenvalue weighted by Gasteiger charge is 2.03. The van der Waals surface area contributed by atoms with Crippen molar-refractivity contribution in [1.29, 1.82) is 0 Å². The molecule has 0 saturated heterocycles. The molecule has 0 spiro atoms. The van der Waals surface area contributed by atoms with Gasteiger partial charge < -0.3 is 10.6 Å². The van der Waals surface area contributed by atoms with Gasteiger partial charge in [-0.2, -0.15) is 10.1 Å². The van der Waals surface area contributed by atoms with Crippen LogP contribution in [0.25, 0.3) is 0 Å². The number of para-hydroxylation sites is 1. The van der Waals surface area contributed by atoms with E-state index in [0.29, 0.717) is 16.8 Å². The zero-order chi connectivity index (χ0) is 13.5. The fourth-order valence-corrected chi connectivity index (χ4v) is 1.70. The number of benzene rings is 1. The number of nitrogens with one attached hydrogen (secondary N) is 2. The first-order valence-electron chi connectivity index (χ1n) is 6.24. The molecule has 0 fully saturated rings. The van der Waals surface area contributed by atoms with E-state index in [-0.39, 0.29) is 0 Å². The summed E-state index contributed by atoms with van der Waals surface area (Å²) >= 11 is 6.07. The van der Waals surface area contributed by atoms with Crippen LogP contribution in [0.3, 0.4) is 0 Å². The average molecular weight is 278 g/mol. The molecule has 0 unspecified atom stereocenters. The van der Waals surface area contributed by atoms with Gasteiger partial charge in [-0.15, -0.1) is 5.10 Å². The second-order valence-electron chi connectivity index (χ2n) is 4.05. The van der Waals surface area contributed by atoms with E-state index in [1.54, 1.807) is 6.20 Å². The lowest BCUT2D eigenvalue weighted by Gasteiger charge is -2.08. The Bertz CT molecular complexity index is 532. The van der Waals surface area contributed by atoms with Gasteiger partial charge in [-0.3, -0.25) is 0 Å². The molecule has 0 radical (unpaired) electrons. The SMILES string of the molecule is CCCCNc1nncc(Nc2ccccc2Cl)n1. The molecule has 6 heteroatoms. The predicted molar refractivity (Wildman–Crippen MR) is 78.0 cm³/mol. The summed E-state index contributed by atoms with van der Waals surface area (Å²) in [5.41, 5.74) is 0.796. The van der Waals surface area contributed by atoms with E-state index in [1.165, 1.54) is 0 Å². The molecule has 0 amide bonds. The van der Waals surface area contributed by atoms with E-state index >= 15 is 0 Å². The van der Waals surface area contributed by atoms with Gasteiger partial charge >= 0.3 is 0 Å². The van der Waals surface area contributed by atoms with Crippen molar-refractivity contribution in [2.75, 3.05) is 17.2 Å². The molecule has 0 atom stereocenters. The number of aromatic nitrogens is 3. The Hall–Kier alpha value is -1.88. The molecule has 0 aliphatic carbocycles. The minimum absolute atomic E-state index is 0.519. The highest BCUT2D eigenvalue weighted by atomic mass is 35.5. The lowest BCUT2D eigenvalue weighted by Crippen LogP contribution is -2.07. The topological polar surface area (TPSA) is 62.7 Å². The molecule has 1 heterocycles. The van der Waals surface area contributed by atoms with Crippen molar-refractivity contribution in [2.24, 2.45) is 0 Å². The average Bonchev–Trinajstić information content (AvgIpc) is 2.42. The molecule has 100 valence electrons. The van der Waals surface area contributed by atoms with Gasteiger partial charge in [0.2, 0.25) is 5.95 Å². The molecule has 5 nitrogen and oxygen atoms in total. The van der Waals surface area contributed by atoms with Crippen LogP contribution in [0, 0.1) is 0 Å². The maximum atomic E-state index is 6.07. The summed E-state index contributed by atoms with van der Waals surface area (Å²) in [6, 6.07) is 7.49. The third-order valence-corrected chi connectivity index (χ3v) is 2.84. The van der Waals surface area contributed by atoms with E-state index < -0.39 is 0 Å². The van der Waals surface area contributed by atoms with Crippen LogP contribution in [0.15, 0.2) is 30.5 Å². The van der Waals surface area contributed by atoms with Gasteiger partial charge in [0.15, 0.2) is 5.82 Å². The lowest BCUT2D eigenvalue weighted by molar-refractivity contribution is 0.819. The minimum atomic E-state index is 0.519. The Morgan fingerprint density at radius 1 is 1.26 bits per heavy atom. The minimum Gasteiger partial charge on any atom is -0.353 e. The zero-order valence-corrected chi connectivity index (χ0v) is 11.5. The smallest absolute Gasteiger partial charge is 0.244 e. The van der Waals surface area contributed by atoms with Crippen LogP contribution >= 0.6 is 11.6 Å². The monoisotopic (exact) mass is 277 g/mol. The molecule has 1 aromatic carbocycles. The van der Waals surface area contributed by atoms with Gasteiger partial charge in [0.25, 0.3) is 0 Å². The number of unbranched alkanes of at least 4 members (excludes halogenated alkanes) is 1. The molecule has 0 aliphatic rings. The summed E-state index contributed by atoms with van der Waals surface area (Å²) in [6.45, 7) is 2.98. The van der Waals surface area contributed by atoms with Crippen molar-refractivity contribution in [3.63, 3.8) is 0 Å². The van der Waals surface area contributed by atoms with Crippen LogP contribution in [0.1, 0.15) is 19.8 Å². The van der Waals surface area contributed by atoms with Crippen LogP contribution in [-0.2, 0) is 0 Å². The van der Waals surface area contributed by atoms with Crippen LogP contribution in [-0.4, -0.2) is 21.7 Å². The summed E-state index contributed by atoms with van der Waals surface area (Å²) in [7, 11) is 0. The van der Waals surface area contributed by atoms with E-state index in [1.807, 2.05) is 24.3 Å². The summed E-state index contributed by atoms with van der Waals surface area (Å²) in [5, 5.41) is 14.7. The number of hydrogen-bond acceptors (Lipinski definition) is 5. The molecule has 2 N–H and O–H groups in total. The third kappa shape index (κ3) is 4.06. The largest absolute Gasteiger partial charge is 0.353 e. The van der Waals surface area contributed by atoms with Crippen LogP contribution in [0.4, 0.5) is 17.5 Å². The molecule has 0 saturated carbocycles. The van der Waals surface area contributed by atoms with Gasteiger partial charge in [0.1, 0.15) is 0 Å². The highest BCUT2D eigenvalue weighted by molar-refractivity contribution is 6.33. The molecule has 0 bridgehead atoms. The van der Waals surface area contributed by atoms with E-state index in [2.05, 4.69) is 32.7 Å². The molecule has 19 heavy (non-hydrogen) atoms. The van der Waals surface area contributed by atoms with E-state index in [4.69, 9.17) is 11.6 Å². The number of hydrogen-bond donors (Lipinski definition) is 2. The van der Waals surface area contributed by atoms with Gasteiger partial charge in [0.05, 0.1) is 16.9 Å². The van der Waals surface area contributed by atoms with Gasteiger partial charge in [-0.05, 0) is 18.6 Å². The second kappa shape index (κ2) is 6.89. The quantitative estimate of drug-likeness (QED) is 0.792. The van der Waals surface area contributed by atoms with Crippen molar-refractivity contribution in [1.82, 2.24) is 15.2 Å². The number of nitrogens with zero attached hydrogens (tertiary/aromatic N) is 3. The summed E-state index contributed by atoms with van der Waals surface area (Å²) < 4.78 is 0. The Labute approximate surface area is 117 Å². The fraction of sp³-hybridized carbons (Fsp3) is 0.308. The predicted octanol–water partition coefficient (Wildman–Crippen LogP) is 3.48. The van der Waals surface area contributed by atoms with E-state index in [0.717, 1.165) is 25.1 Å². The van der Waals surface area contributed by atoms with Crippen LogP contribution < -0.4 is 10.6 Å². The number of anilines is 3. The van der Waals surface area contributed by atoms with Gasteiger partial charge in [-0.1, -0.05) is 37.1 Å². The van der Waals surface area contributed by atoms with Gasteiger partial charge in [-0.25, -0.2) is 0 Å². The van der Waals surface area contributed by atoms with Crippen LogP contribution in [0.2, 0.25) is 5.02 Å². The lowest BCUT2D eigenvalue weighted by atomic mass is 10.3. The number of halogens is 1. The fourth-order valence-electron chi connectivity index (χ4n) is 1.52. The Kier molecular flexibility index (Phi) is 4.92. The molecule has 2 rings (SSSR count). The maximum Gasteiger partial charge on any atom is 0.244 e. The van der Waals surface area contributed by atoms with Gasteiger partial charge in [0, 0.05) is 6.54 Å². The summed E-state index contributed by atoms with van der Waals surface area (Å²) in [6.07, 6.45) is 3.76. The van der Waals surface area contributed by atoms with Crippen molar-refractivity contribution in [3.05, 3.63) is 35.5 Å². The van der Waals surface area contributed by atoms with Crippen molar-refractivity contribution in [2.45, 2.75) is 19.8 Å². The summed E-state index contributed by atoms with van der Waals surface area (Å²) in [4.78, 5) is 4.33. The number of rotatable bonds is 6. The van der Waals surface area contributed by atoms with Crippen molar-refractivity contribution < 1.29 is 0 Å². The molecular formula is C13H16ClN5. The Balaban J connectivity index is 2.05. The normalized spacial score (nSPS) is 10.2. The van der Waals surface area contributed by atoms with Crippen molar-refractivity contribution in [3.8, 4) is 0 Å². The molecule has 1 aromatic heterocycles. The first-order valence-corrected chi connectivity index (χ1v) is 6.62. The standard InChI is InChI=1S/C13H16ClN5/c1-2-3-8-15-13-18-12(9-16-19-13)17-11-7-5-4-6-10(11)14/h4-7,9H,2-3,8H2,1H3,(H2,15,17,18,19). The molecular weight excluding hydrogens is 262 g/mol. The maximum absolute atomic E-state index is 6.07. The Morgan fingerprint density at radius 2 is 2.11 bits per heavy atom. The first-order chi connectivity index (χ1) is 9.29. The molecule has 2 aromatic rings. The van der Waals surface area contributed by atoms with Crippen molar-refractivity contribution >= 4 is 29.1 Å². The molecule has 0 aliphatic heterocycles. The summed E-state index contributed by atoms with van der Waals surface area (Å²) in [5.74, 6) is 1.13. The highest BCUT2D eigenvalue weighted by Crippen LogP contribution is 2.23. The Morgan fingerprint density at radius 3 is 2.89 bits per heavy atom. The second-order valence-corrected chi connectivity index (χ2v) is 4.46.